The number of carbonyl (C=O) groups is 6. The van der Waals surface area contributed by atoms with Crippen molar-refractivity contribution in [2.24, 2.45) is 104 Å². The van der Waals surface area contributed by atoms with Crippen molar-refractivity contribution in [3.05, 3.63) is 0 Å². The van der Waals surface area contributed by atoms with Crippen LogP contribution in [0.3, 0.4) is 0 Å². The Bertz CT molecular complexity index is 4620. The molecule has 141 heavy (non-hydrogen) atoms. The van der Waals surface area contributed by atoms with Gasteiger partial charge in [-0.25, -0.2) is 14.2 Å². The summed E-state index contributed by atoms with van der Waals surface area (Å²) in [7, 11) is -32.2. The van der Waals surface area contributed by atoms with E-state index in [2.05, 4.69) is 28.3 Å². The van der Waals surface area contributed by atoms with Gasteiger partial charge in [-0.1, -0.05) is 38.5 Å². The summed E-state index contributed by atoms with van der Waals surface area (Å²) in [4.78, 5) is 69.1. The van der Waals surface area contributed by atoms with Crippen LogP contribution in [-0.2, 0) is 90.0 Å². The van der Waals surface area contributed by atoms with E-state index in [0.29, 0.717) is 57.8 Å². The van der Waals surface area contributed by atoms with Crippen molar-refractivity contribution in [1.82, 2.24) is 54.2 Å². The summed E-state index contributed by atoms with van der Waals surface area (Å²) in [5, 5.41) is 163. The fourth-order valence-electron chi connectivity index (χ4n) is 16.2. The zero-order valence-electron chi connectivity index (χ0n) is 80.4. The molecule has 60 nitrogen and oxygen atoms in total. The Kier molecular flexibility index (Phi) is 52.5. The largest absolute Gasteiger partial charge is 0.480 e. The smallest absolute Gasteiger partial charge is 0.451 e. The number of aliphatic carboxylic acids is 6. The van der Waals surface area contributed by atoms with Crippen LogP contribution >= 0.6 is 0 Å². The molecule has 1 saturated carbocycles. The highest BCUT2D eigenvalue weighted by molar-refractivity contribution is 7.88. The van der Waals surface area contributed by atoms with E-state index in [4.69, 9.17) is 129 Å². The Balaban J connectivity index is 0.000000572. The van der Waals surface area contributed by atoms with Crippen molar-refractivity contribution < 1.29 is 170 Å². The molecule has 820 valence electrons. The van der Waals surface area contributed by atoms with Crippen LogP contribution in [-0.4, -0.2) is 432 Å². The van der Waals surface area contributed by atoms with Gasteiger partial charge in [0.15, 0.2) is 0 Å². The third-order valence-corrected chi connectivity index (χ3v) is 34.5. The average Bonchev–Trinajstić information content (AvgIpc) is 1.63. The fourth-order valence-corrected chi connectivity index (χ4v) is 25.2. The lowest BCUT2D eigenvalue weighted by Gasteiger charge is -2.34. The predicted molar refractivity (Wildman–Crippen MR) is 518 cm³/mol. The summed E-state index contributed by atoms with van der Waals surface area (Å²) in [5.41, 5.74) is 57.1. The molecule has 7 aliphatic rings. The van der Waals surface area contributed by atoms with Crippen LogP contribution in [0.2, 0.25) is 37.9 Å². The number of carboxylic acids is 6. The molecule has 72 heteroatoms. The summed E-state index contributed by atoms with van der Waals surface area (Å²) in [6, 6.07) is -1.49. The summed E-state index contributed by atoms with van der Waals surface area (Å²) >= 11 is 0. The molecular formula is C69H154B6N24O36S6. The zero-order chi connectivity index (χ0) is 109. The highest BCUT2D eigenvalue weighted by Crippen LogP contribution is 2.39. The van der Waals surface area contributed by atoms with Crippen LogP contribution in [0.25, 0.3) is 0 Å². The van der Waals surface area contributed by atoms with Crippen LogP contribution in [0.4, 0.5) is 0 Å². The molecule has 0 spiro atoms. The number of hydrogen-bond acceptors (Lipinski definition) is 42. The second-order valence-corrected chi connectivity index (χ2v) is 49.3. The van der Waals surface area contributed by atoms with Gasteiger partial charge in [-0.2, -0.15) is 90.5 Å². The summed E-state index contributed by atoms with van der Waals surface area (Å²) in [6.45, 7) is 9.37. The molecule has 0 aromatic carbocycles. The van der Waals surface area contributed by atoms with Crippen LogP contribution < -0.4 is 97.1 Å². The molecule has 0 bridgehead atoms. The van der Waals surface area contributed by atoms with Crippen molar-refractivity contribution in [2.45, 2.75) is 251 Å². The van der Waals surface area contributed by atoms with E-state index >= 15 is 0 Å². The van der Waals surface area contributed by atoms with E-state index in [0.717, 1.165) is 25.8 Å². The summed E-state index contributed by atoms with van der Waals surface area (Å²) < 4.78 is 168. The molecular weight excluding hydrogens is 2000 g/mol. The third kappa shape index (κ3) is 41.4. The van der Waals surface area contributed by atoms with Gasteiger partial charge < -0.3 is 160 Å². The first-order valence-electron chi connectivity index (χ1n) is 45.5. The maximum atomic E-state index is 12.5. The Hall–Kier alpha value is -4.53. The molecule has 1 aliphatic carbocycles. The Labute approximate surface area is 825 Å². The molecule has 15 atom stereocenters. The number of hydrogen-bond donors (Lipinski definition) is 36. The number of nitrogens with one attached hydrogen (secondary N) is 6. The zero-order valence-corrected chi connectivity index (χ0v) is 85.3. The van der Waals surface area contributed by atoms with Gasteiger partial charge in [0.1, 0.15) is 33.2 Å². The van der Waals surface area contributed by atoms with Crippen molar-refractivity contribution in [1.29, 1.82) is 0 Å². The second-order valence-electron chi connectivity index (χ2n) is 39.0. The predicted octanol–water partition coefficient (Wildman–Crippen LogP) is -16.3. The monoisotopic (exact) mass is 2150 g/mol. The normalized spacial score (nSPS) is 27.9. The van der Waals surface area contributed by atoms with Crippen molar-refractivity contribution in [3.63, 3.8) is 0 Å². The fraction of sp³-hybridized carbons (Fsp3) is 0.913. The number of carboxylic acid groups (broad SMARTS) is 6. The van der Waals surface area contributed by atoms with Gasteiger partial charge >= 0.3 is 78.5 Å². The molecule has 0 aromatic heterocycles. The minimum atomic E-state index is -3.95. The van der Waals surface area contributed by atoms with Gasteiger partial charge in [0.2, 0.25) is 0 Å². The van der Waals surface area contributed by atoms with Crippen molar-refractivity contribution in [3.8, 4) is 0 Å². The van der Waals surface area contributed by atoms with Gasteiger partial charge in [0, 0.05) is 188 Å². The van der Waals surface area contributed by atoms with Crippen LogP contribution in [0.5, 0.6) is 0 Å². The molecule has 0 unspecified atom stereocenters. The summed E-state index contributed by atoms with van der Waals surface area (Å²) in [5.74, 6) is -11.4. The van der Waals surface area contributed by atoms with Crippen LogP contribution in [0.15, 0.2) is 0 Å². The molecule has 6 saturated heterocycles. The first-order chi connectivity index (χ1) is 64.2. The highest BCUT2D eigenvalue weighted by atomic mass is 32.2. The van der Waals surface area contributed by atoms with E-state index in [1.807, 2.05) is 0 Å². The summed E-state index contributed by atoms with van der Waals surface area (Å²) in [6.07, 6.45) is 5.18. The average molecular weight is 2150 g/mol. The van der Waals surface area contributed by atoms with Gasteiger partial charge in [-0.15, -0.1) is 0 Å². The van der Waals surface area contributed by atoms with Gasteiger partial charge in [-0.3, -0.25) is 28.8 Å². The second kappa shape index (κ2) is 55.8. The molecule has 0 amide bonds. The van der Waals surface area contributed by atoms with Crippen molar-refractivity contribution in [2.75, 3.05) is 111 Å². The molecule has 48 N–H and O–H groups in total. The minimum Gasteiger partial charge on any atom is -0.480 e. The van der Waals surface area contributed by atoms with E-state index in [9.17, 15) is 110 Å². The van der Waals surface area contributed by atoms with E-state index in [-0.39, 0.29) is 205 Å². The van der Waals surface area contributed by atoms with Gasteiger partial charge in [0.25, 0.3) is 61.3 Å². The van der Waals surface area contributed by atoms with Crippen molar-refractivity contribution >= 4 is 140 Å². The minimum absolute atomic E-state index is 0.00214. The molecule has 6 heterocycles. The molecule has 0 aromatic rings. The standard InChI is InChI=1S/C12H25BN4O6S.2C12H27BN4O6S.3C11H25BN4O6S/c14-9-4-10(5-9)16-24(22,23)17-6-8(2-1-3-13(20)21)12(15,7-17)11(18)19;1-11(2,14)7-16-24(22,23)17-6-9(4-3-5-13(20)21)12(15,8-17)10(18)19;1-11(2,7-14)16-24(22,23)17-6-9(4-3-5-13(20)21)12(15,8-17)10(18)19;2*1-8(13)5-15-23(21,22)16-6-9(3-2-4-12(19)20)11(14,7-16)10(17)18;1-8(5-13)15-23(21,22)16-6-9(3-2-4-12(19)20)11(14,7-16)10(17)18/h8-10,16,20-21H,1-7,14-15H2,(H,18,19);2*9,16,20-21H,3-8,14-15H2,1-2H3,(H,18,19);3*8-9,15,19-20H,2-7,13-14H2,1H3,(H,17,18)/t8-,9?,10?,12-;2*9-,12-;8-,9+,11-;8-,9-,11+;8-,9-,11-/m000010/s1. The lowest BCUT2D eigenvalue weighted by Crippen LogP contribution is -2.57. The Morgan fingerprint density at radius 2 is 0.582 bits per heavy atom. The lowest BCUT2D eigenvalue weighted by molar-refractivity contribution is -0.145. The van der Waals surface area contributed by atoms with Crippen LogP contribution in [0, 0.1) is 35.5 Å². The molecule has 6 aliphatic heterocycles. The van der Waals surface area contributed by atoms with Crippen LogP contribution in [0.1, 0.15) is 138 Å². The quantitative estimate of drug-likeness (QED) is 0.0252. The maximum absolute atomic E-state index is 12.5. The molecule has 7 rings (SSSR count). The third-order valence-electron chi connectivity index (χ3n) is 25.1. The Morgan fingerprint density at radius 1 is 0.369 bits per heavy atom. The molecule has 0 radical (unpaired) electrons. The first-order valence-corrected chi connectivity index (χ1v) is 54.1. The topological polar surface area (TPSA) is 1080 Å². The van der Waals surface area contributed by atoms with Gasteiger partial charge in [-0.05, 0) is 138 Å². The molecule has 7 fully saturated rings. The van der Waals surface area contributed by atoms with E-state index in [1.54, 1.807) is 48.5 Å². The SMILES string of the molecule is CC(C)(CN)NS(=O)(=O)N1C[C@H](CCCB(O)O)[C@](N)(C(=O)O)C1.CC(C)(N)CNS(=O)(=O)N1C[C@H](CCCB(O)O)[C@](N)(C(=O)O)C1.C[C@@H](CN)NS(=O)(=O)N1C[C@H](CCCB(O)O)[C@](N)(C(=O)O)C1.C[C@@H](N)CNS(=O)(=O)N1C[C@@H](CCCB(O)O)[C@](N)(C(=O)O)C1.C[C@H](N)CNS(=O)(=O)N1C[C@@H](CCCB(O)O)[C@](N)(C(=O)O)C1.NC1CC(NS(=O)(=O)N2C[C@H](CCCB(O)O)[C@](N)(C(=O)O)C2)C1. The van der Waals surface area contributed by atoms with E-state index in [1.165, 1.54) is 0 Å². The number of nitrogens with two attached hydrogens (primary N) is 12. The Morgan fingerprint density at radius 3 is 0.773 bits per heavy atom. The number of rotatable bonds is 53. The number of nitrogens with zero attached hydrogens (tertiary/aromatic N) is 6. The highest BCUT2D eigenvalue weighted by Gasteiger charge is 2.59. The first kappa shape index (κ1) is 133. The van der Waals surface area contributed by atoms with Gasteiger partial charge in [0.05, 0.1) is 0 Å². The maximum Gasteiger partial charge on any atom is 0.451 e. The lowest BCUT2D eigenvalue weighted by atomic mass is 9.78. The van der Waals surface area contributed by atoms with E-state index < -0.39 is 226 Å².